The predicted molar refractivity (Wildman–Crippen MR) is 72.9 cm³/mol. The normalized spacial score (nSPS) is 11.8. The van der Waals surface area contributed by atoms with E-state index in [9.17, 15) is 9.59 Å². The number of hydrogen-bond donors (Lipinski definition) is 0. The van der Waals surface area contributed by atoms with Gasteiger partial charge in [-0.05, 0) is 26.0 Å². The van der Waals surface area contributed by atoms with Crippen LogP contribution in [0.3, 0.4) is 0 Å². The van der Waals surface area contributed by atoms with Gasteiger partial charge in [0.1, 0.15) is 11.7 Å². The van der Waals surface area contributed by atoms with Crippen LogP contribution >= 0.6 is 0 Å². The van der Waals surface area contributed by atoms with Crippen LogP contribution in [0.4, 0.5) is 11.4 Å². The number of carbonyl (C=O) groups is 2. The quantitative estimate of drug-likeness (QED) is 0.346. The Morgan fingerprint density at radius 3 is 2.50 bits per heavy atom. The van der Waals surface area contributed by atoms with Gasteiger partial charge in [-0.3, -0.25) is 9.59 Å². The van der Waals surface area contributed by atoms with Crippen molar-refractivity contribution in [3.05, 3.63) is 35.7 Å². The minimum atomic E-state index is -0.916. The molecule has 1 rings (SSSR count). The second-order valence-corrected chi connectivity index (χ2v) is 3.97. The zero-order valence-electron chi connectivity index (χ0n) is 11.4. The van der Waals surface area contributed by atoms with Gasteiger partial charge in [0.2, 0.25) is 0 Å². The fraction of sp³-hybridized carbons (Fsp3) is 0.357. The summed E-state index contributed by atoms with van der Waals surface area (Å²) in [6.45, 7) is 10.00. The Bertz CT molecular complexity index is 544. The summed E-state index contributed by atoms with van der Waals surface area (Å²) >= 11 is 0. The molecule has 0 saturated heterocycles. The van der Waals surface area contributed by atoms with Crippen molar-refractivity contribution in [2.45, 2.75) is 13.8 Å². The van der Waals surface area contributed by atoms with Crippen molar-refractivity contribution >= 4 is 23.1 Å². The maximum absolute atomic E-state index is 11.5. The van der Waals surface area contributed by atoms with E-state index in [0.29, 0.717) is 11.4 Å². The van der Waals surface area contributed by atoms with Gasteiger partial charge in [-0.1, -0.05) is 12.1 Å². The molecule has 0 fully saturated rings. The smallest absolute Gasteiger partial charge is 0.318 e. The van der Waals surface area contributed by atoms with Crippen LogP contribution in [0, 0.1) is 12.5 Å². The maximum Gasteiger partial charge on any atom is 0.318 e. The number of azo groups is 1. The van der Waals surface area contributed by atoms with Crippen molar-refractivity contribution in [2.75, 3.05) is 13.2 Å². The van der Waals surface area contributed by atoms with E-state index in [0.717, 1.165) is 0 Å². The van der Waals surface area contributed by atoms with Crippen molar-refractivity contribution in [3.8, 4) is 0 Å². The Balaban J connectivity index is 2.66. The lowest BCUT2D eigenvalue weighted by Gasteiger charge is -2.08. The van der Waals surface area contributed by atoms with Gasteiger partial charge >= 0.3 is 5.97 Å². The molecule has 0 heterocycles. The monoisotopic (exact) mass is 273 g/mol. The van der Waals surface area contributed by atoms with Crippen molar-refractivity contribution < 1.29 is 14.3 Å². The Morgan fingerprint density at radius 1 is 1.35 bits per heavy atom. The van der Waals surface area contributed by atoms with Gasteiger partial charge in [-0.15, -0.1) is 0 Å². The first-order valence-corrected chi connectivity index (χ1v) is 6.10. The summed E-state index contributed by atoms with van der Waals surface area (Å²) < 4.78 is 4.80. The zero-order chi connectivity index (χ0) is 15.0. The highest BCUT2D eigenvalue weighted by Crippen LogP contribution is 2.18. The third-order valence-electron chi connectivity index (χ3n) is 2.49. The van der Waals surface area contributed by atoms with E-state index in [-0.39, 0.29) is 18.9 Å². The summed E-state index contributed by atoms with van der Waals surface area (Å²) in [6, 6.07) is 6.53. The lowest BCUT2D eigenvalue weighted by atomic mass is 10.1. The molecule has 0 aliphatic carbocycles. The summed E-state index contributed by atoms with van der Waals surface area (Å²) in [5, 5.41) is 7.76. The average Bonchev–Trinajstić information content (AvgIpc) is 2.44. The molecular weight excluding hydrogens is 258 g/mol. The van der Waals surface area contributed by atoms with Gasteiger partial charge in [-0.25, -0.2) is 4.85 Å². The molecule has 0 N–H and O–H groups in total. The van der Waals surface area contributed by atoms with Gasteiger partial charge in [0.05, 0.1) is 25.4 Å². The first kappa shape index (κ1) is 15.5. The fourth-order valence-corrected chi connectivity index (χ4v) is 1.41. The van der Waals surface area contributed by atoms with E-state index in [2.05, 4.69) is 15.1 Å². The molecule has 6 nitrogen and oxygen atoms in total. The van der Waals surface area contributed by atoms with Crippen molar-refractivity contribution in [1.82, 2.24) is 0 Å². The molecule has 0 aromatic heterocycles. The van der Waals surface area contributed by atoms with Crippen LogP contribution in [0.25, 0.3) is 4.85 Å². The highest BCUT2D eigenvalue weighted by Gasteiger charge is 2.24. The predicted octanol–water partition coefficient (Wildman–Crippen LogP) is 3.09. The molecule has 6 heteroatoms. The summed E-state index contributed by atoms with van der Waals surface area (Å²) in [4.78, 5) is 26.1. The van der Waals surface area contributed by atoms with Gasteiger partial charge in [-0.2, -0.15) is 10.2 Å². The number of ether oxygens (including phenoxy) is 1. The van der Waals surface area contributed by atoms with Gasteiger partial charge < -0.3 is 4.74 Å². The molecule has 20 heavy (non-hydrogen) atoms. The first-order chi connectivity index (χ1) is 9.58. The van der Waals surface area contributed by atoms with E-state index < -0.39 is 11.9 Å². The van der Waals surface area contributed by atoms with E-state index in [1.165, 1.54) is 6.92 Å². The molecule has 1 atom stereocenters. The number of carbonyl (C=O) groups excluding carboxylic acids is 2. The van der Waals surface area contributed by atoms with Crippen LogP contribution in [0.15, 0.2) is 34.5 Å². The van der Waals surface area contributed by atoms with Crippen molar-refractivity contribution in [3.63, 3.8) is 0 Å². The molecule has 0 amide bonds. The van der Waals surface area contributed by atoms with E-state index in [1.807, 2.05) is 0 Å². The Morgan fingerprint density at radius 2 is 2.00 bits per heavy atom. The van der Waals surface area contributed by atoms with E-state index in [4.69, 9.17) is 11.3 Å². The molecule has 1 unspecified atom stereocenters. The minimum Gasteiger partial charge on any atom is -0.465 e. The van der Waals surface area contributed by atoms with Crippen LogP contribution in [-0.4, -0.2) is 24.9 Å². The van der Waals surface area contributed by atoms with Crippen molar-refractivity contribution in [1.29, 1.82) is 0 Å². The molecule has 1 aromatic carbocycles. The second kappa shape index (κ2) is 7.79. The molecular formula is C14H15N3O3. The standard InChI is InChI=1S/C14H15N3O3/c1-4-20-14(19)13(10(2)18)9-16-17-12-7-5-11(15-3)6-8-12/h5-8,13H,4,9H2,1-2H3. The number of ketones is 1. The highest BCUT2D eigenvalue weighted by molar-refractivity contribution is 5.98. The van der Waals surface area contributed by atoms with Gasteiger partial charge in [0, 0.05) is 0 Å². The molecule has 0 aliphatic heterocycles. The average molecular weight is 273 g/mol. The van der Waals surface area contributed by atoms with Gasteiger partial charge in [0.25, 0.3) is 0 Å². The molecule has 0 bridgehead atoms. The third kappa shape index (κ3) is 4.61. The van der Waals surface area contributed by atoms with Crippen molar-refractivity contribution in [2.24, 2.45) is 16.1 Å². The van der Waals surface area contributed by atoms with Gasteiger partial charge in [0.15, 0.2) is 5.69 Å². The number of hydrogen-bond acceptors (Lipinski definition) is 5. The molecule has 0 radical (unpaired) electrons. The van der Waals surface area contributed by atoms with Crippen LogP contribution in [0.1, 0.15) is 13.8 Å². The van der Waals surface area contributed by atoms with Crippen LogP contribution in [0.2, 0.25) is 0 Å². The van der Waals surface area contributed by atoms with E-state index >= 15 is 0 Å². The molecule has 0 saturated carbocycles. The number of nitrogens with zero attached hydrogens (tertiary/aromatic N) is 3. The third-order valence-corrected chi connectivity index (χ3v) is 2.49. The van der Waals surface area contributed by atoms with Crippen LogP contribution < -0.4 is 0 Å². The largest absolute Gasteiger partial charge is 0.465 e. The number of Topliss-reactive ketones (excluding diaryl/α,β-unsaturated/α-hetero) is 1. The molecule has 0 aliphatic rings. The molecule has 0 spiro atoms. The Hall–Kier alpha value is -2.55. The van der Waals surface area contributed by atoms with Crippen LogP contribution in [0.5, 0.6) is 0 Å². The Labute approximate surface area is 117 Å². The SMILES string of the molecule is [C-]#[N+]c1ccc(N=NCC(C(C)=O)C(=O)OCC)cc1. The molecule has 1 aromatic rings. The summed E-state index contributed by atoms with van der Waals surface area (Å²) in [6.07, 6.45) is 0. The second-order valence-electron chi connectivity index (χ2n) is 3.97. The summed E-state index contributed by atoms with van der Waals surface area (Å²) in [5.41, 5.74) is 1.07. The lowest BCUT2D eigenvalue weighted by Crippen LogP contribution is -2.26. The maximum atomic E-state index is 11.5. The Kier molecular flexibility index (Phi) is 6.04. The highest BCUT2D eigenvalue weighted by atomic mass is 16.5. The van der Waals surface area contributed by atoms with E-state index in [1.54, 1.807) is 31.2 Å². The first-order valence-electron chi connectivity index (χ1n) is 6.10. The number of esters is 1. The summed E-state index contributed by atoms with van der Waals surface area (Å²) in [7, 11) is 0. The number of rotatable bonds is 6. The zero-order valence-corrected chi connectivity index (χ0v) is 11.4. The van der Waals surface area contributed by atoms with Crippen LogP contribution in [-0.2, 0) is 14.3 Å². The molecule has 104 valence electrons. The number of benzene rings is 1. The lowest BCUT2D eigenvalue weighted by molar-refractivity contribution is -0.150. The topological polar surface area (TPSA) is 72.5 Å². The minimum absolute atomic E-state index is 0.0429. The summed E-state index contributed by atoms with van der Waals surface area (Å²) in [5.74, 6) is -1.80. The fourth-order valence-electron chi connectivity index (χ4n) is 1.41.